The Morgan fingerprint density at radius 1 is 1.40 bits per heavy atom. The molecular formula is C14H19NO4S. The summed E-state index contributed by atoms with van der Waals surface area (Å²) in [6, 6.07) is 6.41. The van der Waals surface area contributed by atoms with Gasteiger partial charge in [0.1, 0.15) is 0 Å². The number of benzene rings is 1. The summed E-state index contributed by atoms with van der Waals surface area (Å²) in [6.45, 7) is 2.25. The average Bonchev–Trinajstić information content (AvgIpc) is 2.42. The van der Waals surface area contributed by atoms with Gasteiger partial charge in [-0.2, -0.15) is 0 Å². The molecular weight excluding hydrogens is 278 g/mol. The van der Waals surface area contributed by atoms with E-state index >= 15 is 0 Å². The highest BCUT2D eigenvalue weighted by Crippen LogP contribution is 2.09. The first-order chi connectivity index (χ1) is 9.48. The molecule has 0 aliphatic carbocycles. The number of rotatable bonds is 7. The van der Waals surface area contributed by atoms with Crippen molar-refractivity contribution in [3.05, 3.63) is 47.5 Å². The summed E-state index contributed by atoms with van der Waals surface area (Å²) >= 11 is 0. The minimum absolute atomic E-state index is 0.159. The molecule has 0 saturated heterocycles. The van der Waals surface area contributed by atoms with Crippen molar-refractivity contribution in [2.75, 3.05) is 13.7 Å². The van der Waals surface area contributed by atoms with Gasteiger partial charge in [0.25, 0.3) is 0 Å². The third kappa shape index (κ3) is 5.54. The van der Waals surface area contributed by atoms with E-state index < -0.39 is 16.0 Å². The largest absolute Gasteiger partial charge is 0.465 e. The molecule has 110 valence electrons. The van der Waals surface area contributed by atoms with Crippen LogP contribution in [0.25, 0.3) is 0 Å². The van der Waals surface area contributed by atoms with Gasteiger partial charge in [0.15, 0.2) is 0 Å². The molecule has 0 unspecified atom stereocenters. The van der Waals surface area contributed by atoms with Gasteiger partial charge in [0.2, 0.25) is 10.0 Å². The third-order valence-electron chi connectivity index (χ3n) is 2.57. The highest BCUT2D eigenvalue weighted by molar-refractivity contribution is 7.88. The van der Waals surface area contributed by atoms with Crippen LogP contribution >= 0.6 is 0 Å². The second-order valence-electron chi connectivity index (χ2n) is 4.20. The smallest absolute Gasteiger partial charge is 0.337 e. The van der Waals surface area contributed by atoms with Crippen molar-refractivity contribution in [3.8, 4) is 0 Å². The topological polar surface area (TPSA) is 72.5 Å². The quantitative estimate of drug-likeness (QED) is 0.473. The van der Waals surface area contributed by atoms with Crippen LogP contribution in [-0.4, -0.2) is 28.0 Å². The number of hydrogen-bond donors (Lipinski definition) is 1. The van der Waals surface area contributed by atoms with E-state index in [1.165, 1.54) is 13.2 Å². The fraction of sp³-hybridized carbons (Fsp3) is 0.357. The van der Waals surface area contributed by atoms with E-state index in [9.17, 15) is 13.2 Å². The molecule has 0 fully saturated rings. The van der Waals surface area contributed by atoms with Crippen LogP contribution in [0.15, 0.2) is 36.4 Å². The van der Waals surface area contributed by atoms with Gasteiger partial charge in [-0.3, -0.25) is 0 Å². The lowest BCUT2D eigenvalue weighted by Crippen LogP contribution is -2.26. The standard InChI is InChI=1S/C14H19NO4S/c1-3-4-5-9-15-20(17,18)11-12-7-6-8-13(10-12)14(16)19-2/h3-4,6-8,10,15H,5,9,11H2,1-2H3/b4-3+. The first kappa shape index (κ1) is 16.4. The fourth-order valence-electron chi connectivity index (χ4n) is 1.64. The first-order valence-electron chi connectivity index (χ1n) is 6.24. The number of methoxy groups -OCH3 is 1. The van der Waals surface area contributed by atoms with Crippen LogP contribution in [0, 0.1) is 0 Å². The molecule has 1 rings (SSSR count). The zero-order chi connectivity index (χ0) is 15.0. The van der Waals surface area contributed by atoms with Gasteiger partial charge in [-0.1, -0.05) is 24.3 Å². The van der Waals surface area contributed by atoms with E-state index in [1.54, 1.807) is 18.2 Å². The van der Waals surface area contributed by atoms with Gasteiger partial charge in [0.05, 0.1) is 18.4 Å². The molecule has 0 aromatic heterocycles. The van der Waals surface area contributed by atoms with Crippen molar-refractivity contribution >= 4 is 16.0 Å². The summed E-state index contributed by atoms with van der Waals surface area (Å²) in [5.41, 5.74) is 0.889. The molecule has 0 radical (unpaired) electrons. The summed E-state index contributed by atoms with van der Waals surface area (Å²) < 4.78 is 30.8. The molecule has 0 saturated carbocycles. The van der Waals surface area contributed by atoms with Crippen LogP contribution in [-0.2, 0) is 20.5 Å². The number of hydrogen-bond acceptors (Lipinski definition) is 4. The maximum atomic E-state index is 11.9. The lowest BCUT2D eigenvalue weighted by atomic mass is 10.1. The molecule has 1 aromatic rings. The number of sulfonamides is 1. The third-order valence-corrected chi connectivity index (χ3v) is 3.93. The number of nitrogens with one attached hydrogen (secondary N) is 1. The Hall–Kier alpha value is -1.66. The summed E-state index contributed by atoms with van der Waals surface area (Å²) in [6.07, 6.45) is 4.41. The molecule has 1 aromatic carbocycles. The van der Waals surface area contributed by atoms with Crippen LogP contribution in [0.3, 0.4) is 0 Å². The summed E-state index contributed by atoms with van der Waals surface area (Å²) in [4.78, 5) is 11.4. The summed E-state index contributed by atoms with van der Waals surface area (Å²) in [5, 5.41) is 0. The molecule has 20 heavy (non-hydrogen) atoms. The van der Waals surface area contributed by atoms with Crippen molar-refractivity contribution in [1.29, 1.82) is 0 Å². The Balaban J connectivity index is 2.69. The van der Waals surface area contributed by atoms with E-state index in [4.69, 9.17) is 0 Å². The molecule has 0 heterocycles. The molecule has 5 nitrogen and oxygen atoms in total. The Labute approximate surface area is 119 Å². The second-order valence-corrected chi connectivity index (χ2v) is 6.01. The zero-order valence-corrected chi connectivity index (χ0v) is 12.4. The zero-order valence-electron chi connectivity index (χ0n) is 11.6. The van der Waals surface area contributed by atoms with Crippen LogP contribution in [0.5, 0.6) is 0 Å². The van der Waals surface area contributed by atoms with Crippen molar-refractivity contribution in [2.24, 2.45) is 0 Å². The molecule has 0 aliphatic heterocycles. The van der Waals surface area contributed by atoms with Crippen molar-refractivity contribution < 1.29 is 17.9 Å². The maximum Gasteiger partial charge on any atom is 0.337 e. The van der Waals surface area contributed by atoms with Gasteiger partial charge in [-0.25, -0.2) is 17.9 Å². The lowest BCUT2D eigenvalue weighted by Gasteiger charge is -2.07. The maximum absolute atomic E-state index is 11.9. The Morgan fingerprint density at radius 3 is 2.80 bits per heavy atom. The normalized spacial score (nSPS) is 11.7. The fourth-order valence-corrected chi connectivity index (χ4v) is 2.79. The highest BCUT2D eigenvalue weighted by Gasteiger charge is 2.12. The molecule has 0 aliphatic rings. The number of esters is 1. The number of carbonyl (C=O) groups excluding carboxylic acids is 1. The lowest BCUT2D eigenvalue weighted by molar-refractivity contribution is 0.0600. The van der Waals surface area contributed by atoms with Gasteiger partial charge in [-0.15, -0.1) is 0 Å². The van der Waals surface area contributed by atoms with Gasteiger partial charge >= 0.3 is 5.97 Å². The van der Waals surface area contributed by atoms with Crippen molar-refractivity contribution in [1.82, 2.24) is 4.72 Å². The number of carbonyl (C=O) groups is 1. The predicted octanol–water partition coefficient (Wildman–Crippen LogP) is 1.86. The van der Waals surface area contributed by atoms with E-state index in [-0.39, 0.29) is 5.75 Å². The molecule has 1 N–H and O–H groups in total. The minimum Gasteiger partial charge on any atom is -0.465 e. The molecule has 0 atom stereocenters. The molecule has 6 heteroatoms. The highest BCUT2D eigenvalue weighted by atomic mass is 32.2. The average molecular weight is 297 g/mol. The van der Waals surface area contributed by atoms with Crippen LogP contribution < -0.4 is 4.72 Å². The van der Waals surface area contributed by atoms with Crippen LogP contribution in [0.2, 0.25) is 0 Å². The monoisotopic (exact) mass is 297 g/mol. The minimum atomic E-state index is -3.40. The molecule has 0 spiro atoms. The SMILES string of the molecule is C/C=C/CCNS(=O)(=O)Cc1cccc(C(=O)OC)c1. The van der Waals surface area contributed by atoms with Gasteiger partial charge < -0.3 is 4.74 Å². The predicted molar refractivity (Wildman–Crippen MR) is 77.8 cm³/mol. The van der Waals surface area contributed by atoms with Crippen molar-refractivity contribution in [3.63, 3.8) is 0 Å². The first-order valence-corrected chi connectivity index (χ1v) is 7.89. The second kappa shape index (κ2) is 7.81. The van der Waals surface area contributed by atoms with Crippen molar-refractivity contribution in [2.45, 2.75) is 19.1 Å². The van der Waals surface area contributed by atoms with E-state index in [0.29, 0.717) is 24.1 Å². The van der Waals surface area contributed by atoms with Crippen LogP contribution in [0.4, 0.5) is 0 Å². The van der Waals surface area contributed by atoms with Gasteiger partial charge in [0, 0.05) is 6.54 Å². The Kier molecular flexibility index (Phi) is 6.41. The van der Waals surface area contributed by atoms with Crippen LogP contribution in [0.1, 0.15) is 29.3 Å². The summed E-state index contributed by atoms with van der Waals surface area (Å²) in [7, 11) is -2.11. The Bertz CT molecular complexity index is 579. The molecule has 0 amide bonds. The Morgan fingerprint density at radius 2 is 2.15 bits per heavy atom. The van der Waals surface area contributed by atoms with E-state index in [1.807, 2.05) is 19.1 Å². The summed E-state index contributed by atoms with van der Waals surface area (Å²) in [5.74, 6) is -0.640. The molecule has 0 bridgehead atoms. The number of allylic oxidation sites excluding steroid dienone is 1. The number of ether oxygens (including phenoxy) is 1. The van der Waals surface area contributed by atoms with E-state index in [2.05, 4.69) is 9.46 Å². The van der Waals surface area contributed by atoms with E-state index in [0.717, 1.165) is 0 Å². The van der Waals surface area contributed by atoms with Gasteiger partial charge in [-0.05, 0) is 31.0 Å².